The first-order valence-corrected chi connectivity index (χ1v) is 10.3. The summed E-state index contributed by atoms with van der Waals surface area (Å²) in [6, 6.07) is 17.4. The Morgan fingerprint density at radius 1 is 0.967 bits per heavy atom. The van der Waals surface area contributed by atoms with E-state index in [1.165, 1.54) is 0 Å². The van der Waals surface area contributed by atoms with Crippen molar-refractivity contribution in [2.45, 2.75) is 32.6 Å². The SMILES string of the molecule is Cc1cc(OCC(=O)c2ccc3ccccc3c2)c2c3c(c(=O)oc2c1)CCCC3. The zero-order chi connectivity index (χ0) is 20.7. The fourth-order valence-corrected chi connectivity index (χ4v) is 4.37. The molecule has 0 N–H and O–H groups in total. The van der Waals surface area contributed by atoms with Crippen LogP contribution in [0.25, 0.3) is 21.7 Å². The Morgan fingerprint density at radius 3 is 2.57 bits per heavy atom. The molecule has 0 spiro atoms. The zero-order valence-electron chi connectivity index (χ0n) is 16.9. The predicted molar refractivity (Wildman–Crippen MR) is 118 cm³/mol. The zero-order valence-corrected chi connectivity index (χ0v) is 16.9. The topological polar surface area (TPSA) is 56.5 Å². The molecule has 1 aromatic heterocycles. The quantitative estimate of drug-likeness (QED) is 0.341. The van der Waals surface area contributed by atoms with Gasteiger partial charge in [0.15, 0.2) is 12.4 Å². The van der Waals surface area contributed by atoms with Crippen molar-refractivity contribution in [3.05, 3.63) is 87.3 Å². The molecule has 4 heteroatoms. The number of ketones is 1. The Balaban J connectivity index is 1.50. The van der Waals surface area contributed by atoms with E-state index >= 15 is 0 Å². The van der Waals surface area contributed by atoms with Gasteiger partial charge >= 0.3 is 5.63 Å². The lowest BCUT2D eigenvalue weighted by Gasteiger charge is -2.18. The first kappa shape index (κ1) is 18.6. The van der Waals surface area contributed by atoms with Crippen LogP contribution in [-0.2, 0) is 12.8 Å². The summed E-state index contributed by atoms with van der Waals surface area (Å²) in [6.45, 7) is 1.86. The van der Waals surface area contributed by atoms with Gasteiger partial charge in [-0.15, -0.1) is 0 Å². The van der Waals surface area contributed by atoms with Gasteiger partial charge in [-0.05, 0) is 72.7 Å². The van der Waals surface area contributed by atoms with Gasteiger partial charge in [0.2, 0.25) is 0 Å². The summed E-state index contributed by atoms with van der Waals surface area (Å²) < 4.78 is 11.6. The van der Waals surface area contributed by atoms with Crippen LogP contribution in [0.4, 0.5) is 0 Å². The maximum atomic E-state index is 12.8. The fourth-order valence-electron chi connectivity index (χ4n) is 4.37. The van der Waals surface area contributed by atoms with Gasteiger partial charge in [-0.25, -0.2) is 4.79 Å². The third kappa shape index (κ3) is 3.28. The molecular weight excluding hydrogens is 376 g/mol. The number of carbonyl (C=O) groups excluding carboxylic acids is 1. The first-order chi connectivity index (χ1) is 14.6. The minimum Gasteiger partial charge on any atom is -0.485 e. The lowest BCUT2D eigenvalue weighted by molar-refractivity contribution is 0.0922. The number of ether oxygens (including phenoxy) is 1. The largest absolute Gasteiger partial charge is 0.485 e. The summed E-state index contributed by atoms with van der Waals surface area (Å²) in [6.07, 6.45) is 3.59. The van der Waals surface area contributed by atoms with E-state index in [2.05, 4.69) is 0 Å². The highest BCUT2D eigenvalue weighted by Gasteiger charge is 2.21. The molecule has 0 unspecified atom stereocenters. The first-order valence-electron chi connectivity index (χ1n) is 10.3. The molecule has 1 aliphatic carbocycles. The Labute approximate surface area is 174 Å². The molecule has 5 rings (SSSR count). The van der Waals surface area contributed by atoms with Crippen molar-refractivity contribution in [2.75, 3.05) is 6.61 Å². The predicted octanol–water partition coefficient (Wildman–Crippen LogP) is 5.40. The van der Waals surface area contributed by atoms with Gasteiger partial charge in [0.1, 0.15) is 11.3 Å². The maximum absolute atomic E-state index is 12.8. The van der Waals surface area contributed by atoms with Crippen molar-refractivity contribution < 1.29 is 13.9 Å². The van der Waals surface area contributed by atoms with E-state index in [1.807, 2.05) is 61.5 Å². The summed E-state index contributed by atoms with van der Waals surface area (Å²) in [7, 11) is 0. The van der Waals surface area contributed by atoms with Gasteiger partial charge in [0.05, 0.1) is 5.39 Å². The molecule has 3 aromatic carbocycles. The number of carbonyl (C=O) groups is 1. The number of hydrogen-bond donors (Lipinski definition) is 0. The molecule has 30 heavy (non-hydrogen) atoms. The lowest BCUT2D eigenvalue weighted by Crippen LogP contribution is -2.17. The van der Waals surface area contributed by atoms with E-state index in [4.69, 9.17) is 9.15 Å². The average Bonchev–Trinajstić information content (AvgIpc) is 2.76. The molecule has 0 saturated carbocycles. The van der Waals surface area contributed by atoms with Crippen LogP contribution in [0.5, 0.6) is 5.75 Å². The molecule has 150 valence electrons. The van der Waals surface area contributed by atoms with Crippen LogP contribution >= 0.6 is 0 Å². The second-order valence-corrected chi connectivity index (χ2v) is 7.96. The molecule has 1 heterocycles. The molecule has 0 bridgehead atoms. The maximum Gasteiger partial charge on any atom is 0.339 e. The highest BCUT2D eigenvalue weighted by molar-refractivity contribution is 6.01. The summed E-state index contributed by atoms with van der Waals surface area (Å²) >= 11 is 0. The smallest absolute Gasteiger partial charge is 0.339 e. The average molecular weight is 398 g/mol. The van der Waals surface area contributed by atoms with Gasteiger partial charge in [-0.2, -0.15) is 0 Å². The van der Waals surface area contributed by atoms with Crippen LogP contribution in [0.3, 0.4) is 0 Å². The minimum absolute atomic E-state index is 0.0647. The van der Waals surface area contributed by atoms with E-state index in [0.29, 0.717) is 16.9 Å². The van der Waals surface area contributed by atoms with Gasteiger partial charge in [0, 0.05) is 11.1 Å². The summed E-state index contributed by atoms with van der Waals surface area (Å²) in [5, 5.41) is 2.96. The van der Waals surface area contributed by atoms with Crippen LogP contribution < -0.4 is 10.4 Å². The highest BCUT2D eigenvalue weighted by Crippen LogP contribution is 2.34. The molecule has 0 saturated heterocycles. The van der Waals surface area contributed by atoms with E-state index in [-0.39, 0.29) is 18.0 Å². The Morgan fingerprint density at radius 2 is 1.73 bits per heavy atom. The van der Waals surface area contributed by atoms with Crippen molar-refractivity contribution in [1.82, 2.24) is 0 Å². The number of rotatable bonds is 4. The molecule has 1 aliphatic rings. The van der Waals surface area contributed by atoms with Crippen LogP contribution in [0.15, 0.2) is 63.8 Å². The van der Waals surface area contributed by atoms with Crippen LogP contribution in [0.1, 0.15) is 39.9 Å². The number of aryl methyl sites for hydroxylation is 2. The van der Waals surface area contributed by atoms with E-state index in [0.717, 1.165) is 58.5 Å². The number of benzene rings is 3. The van der Waals surface area contributed by atoms with Crippen molar-refractivity contribution in [3.8, 4) is 5.75 Å². The van der Waals surface area contributed by atoms with Crippen molar-refractivity contribution >= 4 is 27.5 Å². The molecule has 0 atom stereocenters. The third-order valence-electron chi connectivity index (χ3n) is 5.86. The number of hydrogen-bond acceptors (Lipinski definition) is 4. The van der Waals surface area contributed by atoms with Crippen molar-refractivity contribution in [1.29, 1.82) is 0 Å². The normalized spacial score (nSPS) is 13.4. The second kappa shape index (κ2) is 7.45. The molecule has 0 radical (unpaired) electrons. The molecule has 4 nitrogen and oxygen atoms in total. The second-order valence-electron chi connectivity index (χ2n) is 7.96. The van der Waals surface area contributed by atoms with Gasteiger partial charge in [-0.1, -0.05) is 36.4 Å². The van der Waals surface area contributed by atoms with E-state index in [1.54, 1.807) is 0 Å². The number of fused-ring (bicyclic) bond motifs is 4. The minimum atomic E-state index is -0.249. The fraction of sp³-hybridized carbons (Fsp3) is 0.231. The monoisotopic (exact) mass is 398 g/mol. The highest BCUT2D eigenvalue weighted by atomic mass is 16.5. The van der Waals surface area contributed by atoms with Crippen molar-refractivity contribution in [3.63, 3.8) is 0 Å². The Kier molecular flexibility index (Phi) is 4.62. The van der Waals surface area contributed by atoms with Crippen LogP contribution in [0.2, 0.25) is 0 Å². The summed E-state index contributed by atoms with van der Waals surface area (Å²) in [5.74, 6) is 0.530. The van der Waals surface area contributed by atoms with E-state index in [9.17, 15) is 9.59 Å². The van der Waals surface area contributed by atoms with E-state index < -0.39 is 0 Å². The van der Waals surface area contributed by atoms with Gasteiger partial charge < -0.3 is 9.15 Å². The standard InChI is InChI=1S/C26H22O4/c1-16-12-23(25-20-8-4-5-9-21(20)26(28)30-24(25)13-16)29-15-22(27)19-11-10-17-6-2-3-7-18(17)14-19/h2-3,6-7,10-14H,4-5,8-9,15H2,1H3. The summed E-state index contributed by atoms with van der Waals surface area (Å²) in [4.78, 5) is 25.2. The molecule has 0 fully saturated rings. The summed E-state index contributed by atoms with van der Waals surface area (Å²) in [5.41, 5.74) is 3.60. The molecular formula is C26H22O4. The van der Waals surface area contributed by atoms with Crippen LogP contribution in [-0.4, -0.2) is 12.4 Å². The van der Waals surface area contributed by atoms with Gasteiger partial charge in [0.25, 0.3) is 0 Å². The molecule has 4 aromatic rings. The lowest BCUT2D eigenvalue weighted by atomic mass is 9.90. The van der Waals surface area contributed by atoms with Crippen LogP contribution in [0, 0.1) is 6.92 Å². The third-order valence-corrected chi connectivity index (χ3v) is 5.86. The Hall–Kier alpha value is -3.40. The Bertz CT molecular complexity index is 1350. The number of Topliss-reactive ketones (excluding diaryl/α,β-unsaturated/α-hetero) is 1. The van der Waals surface area contributed by atoms with Crippen molar-refractivity contribution in [2.24, 2.45) is 0 Å². The molecule has 0 amide bonds. The van der Waals surface area contributed by atoms with Gasteiger partial charge in [-0.3, -0.25) is 4.79 Å². The molecule has 0 aliphatic heterocycles.